The van der Waals surface area contributed by atoms with E-state index in [4.69, 9.17) is 18.9 Å². The summed E-state index contributed by atoms with van der Waals surface area (Å²) in [6, 6.07) is 12.6. The highest BCUT2D eigenvalue weighted by atomic mass is 32.2. The van der Waals surface area contributed by atoms with Gasteiger partial charge in [-0.15, -0.1) is 0 Å². The number of aryl methyl sites for hydroxylation is 1. The van der Waals surface area contributed by atoms with Gasteiger partial charge in [0.15, 0.2) is 0 Å². The van der Waals surface area contributed by atoms with Crippen molar-refractivity contribution in [1.29, 1.82) is 0 Å². The van der Waals surface area contributed by atoms with Gasteiger partial charge in [-0.3, -0.25) is 4.79 Å². The summed E-state index contributed by atoms with van der Waals surface area (Å²) < 4.78 is 22.7. The number of carbonyl (C=O) groups excluding carboxylic acids is 1. The van der Waals surface area contributed by atoms with E-state index < -0.39 is 17.9 Å². The predicted molar refractivity (Wildman–Crippen MR) is 167 cm³/mol. The molecule has 9 heteroatoms. The third-order valence-corrected chi connectivity index (χ3v) is 8.33. The molecule has 0 aromatic heterocycles. The molecule has 2 aromatic rings. The van der Waals surface area contributed by atoms with E-state index in [1.54, 1.807) is 24.9 Å². The Bertz CT molecular complexity index is 1110. The molecule has 0 heterocycles. The maximum absolute atomic E-state index is 13.4. The van der Waals surface area contributed by atoms with Crippen molar-refractivity contribution in [3.05, 3.63) is 59.2 Å². The summed E-state index contributed by atoms with van der Waals surface area (Å²) in [4.78, 5) is 25.2. The van der Waals surface area contributed by atoms with Gasteiger partial charge in [0, 0.05) is 12.7 Å². The summed E-state index contributed by atoms with van der Waals surface area (Å²) in [5, 5.41) is 12.4. The predicted octanol–water partition coefficient (Wildman–Crippen LogP) is 6.09. The summed E-state index contributed by atoms with van der Waals surface area (Å²) in [5.74, 6) is -0.159. The van der Waals surface area contributed by atoms with Gasteiger partial charge in [0.2, 0.25) is 0 Å². The third-order valence-electron chi connectivity index (χ3n) is 7.69. The van der Waals surface area contributed by atoms with Crippen LogP contribution in [0.3, 0.4) is 0 Å². The lowest BCUT2D eigenvalue weighted by Crippen LogP contribution is -2.41. The van der Waals surface area contributed by atoms with Crippen LogP contribution in [0.5, 0.6) is 0 Å². The van der Waals surface area contributed by atoms with Crippen molar-refractivity contribution in [1.82, 2.24) is 5.32 Å². The summed E-state index contributed by atoms with van der Waals surface area (Å²) in [6.07, 6.45) is 9.42. The first-order chi connectivity index (χ1) is 20.4. The number of nitrogens with one attached hydrogen (secondary N) is 1. The van der Waals surface area contributed by atoms with E-state index in [9.17, 15) is 14.7 Å². The number of ether oxygens (including phenoxy) is 4. The molecular formula is C33H47NO7S. The summed E-state index contributed by atoms with van der Waals surface area (Å²) in [5.41, 5.74) is 4.09. The van der Waals surface area contributed by atoms with Crippen LogP contribution in [0.4, 0.5) is 0 Å². The van der Waals surface area contributed by atoms with Crippen molar-refractivity contribution >= 4 is 23.6 Å². The van der Waals surface area contributed by atoms with Gasteiger partial charge in [0.05, 0.1) is 32.5 Å². The van der Waals surface area contributed by atoms with E-state index in [1.165, 1.54) is 32.1 Å². The van der Waals surface area contributed by atoms with Gasteiger partial charge in [-0.2, -0.15) is 11.8 Å². The molecule has 42 heavy (non-hydrogen) atoms. The van der Waals surface area contributed by atoms with E-state index >= 15 is 0 Å². The number of hydrogen-bond donors (Lipinski definition) is 2. The summed E-state index contributed by atoms with van der Waals surface area (Å²) in [7, 11) is 1.64. The lowest BCUT2D eigenvalue weighted by molar-refractivity contribution is -0.139. The maximum atomic E-state index is 13.4. The van der Waals surface area contributed by atoms with Crippen LogP contribution in [0, 0.1) is 12.8 Å². The molecule has 3 rings (SSSR count). The number of benzene rings is 2. The average molecular weight is 602 g/mol. The largest absolute Gasteiger partial charge is 0.480 e. The van der Waals surface area contributed by atoms with E-state index in [0.717, 1.165) is 28.7 Å². The number of methoxy groups -OCH3 is 1. The van der Waals surface area contributed by atoms with Crippen molar-refractivity contribution in [3.8, 4) is 11.1 Å². The van der Waals surface area contributed by atoms with E-state index in [1.807, 2.05) is 49.6 Å². The Balaban J connectivity index is 1.76. The molecule has 0 aliphatic heterocycles. The molecule has 0 saturated heterocycles. The topological polar surface area (TPSA) is 103 Å². The fraction of sp³-hybridized carbons (Fsp3) is 0.576. The molecule has 2 N–H and O–H groups in total. The first-order valence-electron chi connectivity index (χ1n) is 14.9. The van der Waals surface area contributed by atoms with Crippen molar-refractivity contribution in [3.63, 3.8) is 0 Å². The van der Waals surface area contributed by atoms with Gasteiger partial charge in [-0.25, -0.2) is 4.79 Å². The SMILES string of the molecule is COCCOCOC[C@H](CC1CCCCC1)OCc1ccc(C(=O)N[C@@H](CCSC)C(=O)O)c(-c2ccccc2C)c1. The van der Waals surface area contributed by atoms with Crippen LogP contribution in [0.1, 0.15) is 66.4 Å². The zero-order chi connectivity index (χ0) is 30.2. The van der Waals surface area contributed by atoms with Crippen molar-refractivity contribution in [2.45, 2.75) is 70.6 Å². The molecule has 1 saturated carbocycles. The Morgan fingerprint density at radius 2 is 1.83 bits per heavy atom. The zero-order valence-corrected chi connectivity index (χ0v) is 26.1. The Labute approximate surface area is 254 Å². The number of carbonyl (C=O) groups is 2. The number of carboxylic acid groups (broad SMARTS) is 1. The molecule has 2 aromatic carbocycles. The highest BCUT2D eigenvalue weighted by Gasteiger charge is 2.24. The second kappa shape index (κ2) is 19.0. The Morgan fingerprint density at radius 3 is 2.55 bits per heavy atom. The van der Waals surface area contributed by atoms with Gasteiger partial charge in [-0.05, 0) is 72.1 Å². The van der Waals surface area contributed by atoms with Gasteiger partial charge in [-0.1, -0.05) is 62.4 Å². The minimum Gasteiger partial charge on any atom is -0.480 e. The van der Waals surface area contributed by atoms with Crippen molar-refractivity contribution in [2.24, 2.45) is 5.92 Å². The van der Waals surface area contributed by atoms with Gasteiger partial charge >= 0.3 is 5.97 Å². The lowest BCUT2D eigenvalue weighted by atomic mass is 9.85. The van der Waals surface area contributed by atoms with Crippen molar-refractivity contribution < 1.29 is 33.6 Å². The minimum absolute atomic E-state index is 0.0724. The molecule has 0 spiro atoms. The van der Waals surface area contributed by atoms with Crippen LogP contribution in [-0.2, 0) is 30.3 Å². The number of hydrogen-bond acceptors (Lipinski definition) is 7. The zero-order valence-electron chi connectivity index (χ0n) is 25.3. The lowest BCUT2D eigenvalue weighted by Gasteiger charge is -2.27. The highest BCUT2D eigenvalue weighted by Crippen LogP contribution is 2.30. The highest BCUT2D eigenvalue weighted by molar-refractivity contribution is 7.98. The number of amides is 1. The molecule has 8 nitrogen and oxygen atoms in total. The van der Waals surface area contributed by atoms with Crippen LogP contribution in [0.25, 0.3) is 11.1 Å². The summed E-state index contributed by atoms with van der Waals surface area (Å²) >= 11 is 1.55. The van der Waals surface area contributed by atoms with Gasteiger partial charge < -0.3 is 29.4 Å². The molecule has 1 aliphatic carbocycles. The maximum Gasteiger partial charge on any atom is 0.326 e. The molecule has 232 valence electrons. The van der Waals surface area contributed by atoms with Gasteiger partial charge in [0.25, 0.3) is 5.91 Å². The Kier molecular flexibility index (Phi) is 15.4. The third kappa shape index (κ3) is 11.3. The van der Waals surface area contributed by atoms with Crippen LogP contribution in [0.2, 0.25) is 0 Å². The Hall–Kier alpha value is -2.43. The van der Waals surface area contributed by atoms with Crippen molar-refractivity contribution in [2.75, 3.05) is 45.7 Å². The second-order valence-corrected chi connectivity index (χ2v) is 11.9. The minimum atomic E-state index is -1.03. The quantitative estimate of drug-likeness (QED) is 0.147. The molecule has 1 aliphatic rings. The monoisotopic (exact) mass is 601 g/mol. The van der Waals surface area contributed by atoms with E-state index in [0.29, 0.717) is 50.1 Å². The van der Waals surface area contributed by atoms with Crippen LogP contribution >= 0.6 is 11.8 Å². The standard InChI is InChI=1S/C33H47NO7S/c1-24-9-7-8-12-28(24)30-20-26(13-14-29(30)32(35)34-31(33(36)37)15-18-42-3)21-41-27(19-25-10-5-4-6-11-25)22-40-23-39-17-16-38-2/h7-9,12-14,20,25,27,31H,4-6,10-11,15-19,21-23H2,1-3H3,(H,34,35)(H,36,37)/t27-,31-/m0/s1. The molecule has 2 atom stereocenters. The van der Waals surface area contributed by atoms with Crippen LogP contribution < -0.4 is 5.32 Å². The molecule has 0 unspecified atom stereocenters. The normalized spacial score (nSPS) is 15.3. The first-order valence-corrected chi connectivity index (χ1v) is 16.3. The summed E-state index contributed by atoms with van der Waals surface area (Å²) in [6.45, 7) is 4.03. The van der Waals surface area contributed by atoms with Crippen LogP contribution in [0.15, 0.2) is 42.5 Å². The first kappa shape index (κ1) is 34.1. The fourth-order valence-corrected chi connectivity index (χ4v) is 5.81. The Morgan fingerprint density at radius 1 is 1.05 bits per heavy atom. The van der Waals surface area contributed by atoms with Gasteiger partial charge in [0.1, 0.15) is 12.8 Å². The number of thioether (sulfide) groups is 1. The van der Waals surface area contributed by atoms with E-state index in [-0.39, 0.29) is 12.9 Å². The van der Waals surface area contributed by atoms with E-state index in [2.05, 4.69) is 5.32 Å². The molecule has 0 radical (unpaired) electrons. The molecular weight excluding hydrogens is 554 g/mol. The number of aliphatic carboxylic acids is 1. The number of carboxylic acids is 1. The average Bonchev–Trinajstić information content (AvgIpc) is 3.00. The molecule has 1 fully saturated rings. The van der Waals surface area contributed by atoms with Crippen LogP contribution in [-0.4, -0.2) is 74.9 Å². The molecule has 1 amide bonds. The number of rotatable bonds is 19. The smallest absolute Gasteiger partial charge is 0.326 e. The molecule has 0 bridgehead atoms. The fourth-order valence-electron chi connectivity index (χ4n) is 5.34. The second-order valence-electron chi connectivity index (χ2n) is 10.9.